The van der Waals surface area contributed by atoms with Crippen LogP contribution in [-0.2, 0) is 17.8 Å². The Morgan fingerprint density at radius 2 is 1.59 bits per heavy atom. The van der Waals surface area contributed by atoms with Gasteiger partial charge in [0, 0.05) is 6.54 Å². The van der Waals surface area contributed by atoms with Gasteiger partial charge in [-0.1, -0.05) is 60.7 Å². The highest BCUT2D eigenvalue weighted by Crippen LogP contribution is 2.13. The molecule has 0 saturated carbocycles. The van der Waals surface area contributed by atoms with Crippen molar-refractivity contribution >= 4 is 5.97 Å². The molecule has 0 aliphatic carbocycles. The third-order valence-electron chi connectivity index (χ3n) is 3.50. The maximum absolute atomic E-state index is 11.7. The molecule has 0 unspecified atom stereocenters. The summed E-state index contributed by atoms with van der Waals surface area (Å²) in [6, 6.07) is 20.4. The van der Waals surface area contributed by atoms with E-state index in [4.69, 9.17) is 5.26 Å². The number of rotatable bonds is 7. The zero-order chi connectivity index (χ0) is 15.8. The van der Waals surface area contributed by atoms with Crippen molar-refractivity contribution in [3.05, 3.63) is 71.8 Å². The third kappa shape index (κ3) is 4.44. The first-order chi connectivity index (χ1) is 10.7. The summed E-state index contributed by atoms with van der Waals surface area (Å²) in [7, 11) is 0. The zero-order valence-corrected chi connectivity index (χ0v) is 12.2. The molecule has 2 rings (SSSR count). The van der Waals surface area contributed by atoms with E-state index in [-0.39, 0.29) is 6.54 Å². The summed E-state index contributed by atoms with van der Waals surface area (Å²) in [6.45, 7) is 0.525. The van der Waals surface area contributed by atoms with Gasteiger partial charge < -0.3 is 5.11 Å². The molecule has 0 heterocycles. The Labute approximate surface area is 130 Å². The monoisotopic (exact) mass is 294 g/mol. The summed E-state index contributed by atoms with van der Waals surface area (Å²) in [6.07, 6.45) is 0.380. The smallest absolute Gasteiger partial charge is 0.321 e. The maximum atomic E-state index is 11.7. The van der Waals surface area contributed by atoms with E-state index in [1.54, 1.807) is 4.90 Å². The molecular formula is C18H18N2O2. The Morgan fingerprint density at radius 3 is 2.09 bits per heavy atom. The van der Waals surface area contributed by atoms with Crippen molar-refractivity contribution in [1.82, 2.24) is 4.90 Å². The van der Waals surface area contributed by atoms with Crippen LogP contribution in [0.5, 0.6) is 0 Å². The topological polar surface area (TPSA) is 64.3 Å². The number of carboxylic acids is 1. The van der Waals surface area contributed by atoms with Crippen LogP contribution >= 0.6 is 0 Å². The molecule has 0 aliphatic rings. The van der Waals surface area contributed by atoms with Gasteiger partial charge in [-0.15, -0.1) is 0 Å². The number of nitrogens with zero attached hydrogens (tertiary/aromatic N) is 2. The van der Waals surface area contributed by atoms with Gasteiger partial charge in [0.25, 0.3) is 0 Å². The van der Waals surface area contributed by atoms with Crippen LogP contribution in [0.2, 0.25) is 0 Å². The Bertz CT molecular complexity index is 635. The fraction of sp³-hybridized carbons (Fsp3) is 0.222. The molecule has 0 spiro atoms. The lowest BCUT2D eigenvalue weighted by Gasteiger charge is -2.26. The Balaban J connectivity index is 2.18. The van der Waals surface area contributed by atoms with Gasteiger partial charge >= 0.3 is 5.97 Å². The fourth-order valence-electron chi connectivity index (χ4n) is 2.39. The first kappa shape index (κ1) is 15.7. The molecule has 0 radical (unpaired) electrons. The second-order valence-corrected chi connectivity index (χ2v) is 5.09. The van der Waals surface area contributed by atoms with Crippen LogP contribution in [0.25, 0.3) is 0 Å². The van der Waals surface area contributed by atoms with Crippen LogP contribution < -0.4 is 0 Å². The Kier molecular flexibility index (Phi) is 5.70. The van der Waals surface area contributed by atoms with Crippen molar-refractivity contribution in [1.29, 1.82) is 5.26 Å². The Morgan fingerprint density at radius 1 is 1.05 bits per heavy atom. The van der Waals surface area contributed by atoms with E-state index >= 15 is 0 Å². The summed E-state index contributed by atoms with van der Waals surface area (Å²) >= 11 is 0. The fourth-order valence-corrected chi connectivity index (χ4v) is 2.39. The molecule has 2 aromatic rings. The second kappa shape index (κ2) is 7.96. The predicted octanol–water partition coefficient (Wildman–Crippen LogP) is 2.71. The zero-order valence-electron chi connectivity index (χ0n) is 12.2. The van der Waals surface area contributed by atoms with E-state index in [1.807, 2.05) is 60.7 Å². The van der Waals surface area contributed by atoms with E-state index in [2.05, 4.69) is 6.07 Å². The summed E-state index contributed by atoms with van der Waals surface area (Å²) in [5.41, 5.74) is 1.95. The average molecular weight is 294 g/mol. The summed E-state index contributed by atoms with van der Waals surface area (Å²) < 4.78 is 0. The molecule has 0 aromatic heterocycles. The van der Waals surface area contributed by atoms with Crippen molar-refractivity contribution in [2.24, 2.45) is 0 Å². The minimum Gasteiger partial charge on any atom is -0.480 e. The standard InChI is InChI=1S/C18H18N2O2/c19-11-12-20(14-16-9-5-2-6-10-16)17(18(21)22)13-15-7-3-1-4-8-15/h1-10,17H,12-14H2,(H,21,22)/t17-/m0/s1. The van der Waals surface area contributed by atoms with Gasteiger partial charge in [0.15, 0.2) is 0 Å². The van der Waals surface area contributed by atoms with Crippen molar-refractivity contribution in [2.45, 2.75) is 19.0 Å². The van der Waals surface area contributed by atoms with Gasteiger partial charge in [0.05, 0.1) is 12.6 Å². The minimum absolute atomic E-state index is 0.0820. The maximum Gasteiger partial charge on any atom is 0.321 e. The van der Waals surface area contributed by atoms with E-state index in [0.29, 0.717) is 13.0 Å². The molecule has 1 atom stereocenters. The molecule has 0 fully saturated rings. The third-order valence-corrected chi connectivity index (χ3v) is 3.50. The highest BCUT2D eigenvalue weighted by Gasteiger charge is 2.25. The van der Waals surface area contributed by atoms with Crippen LogP contribution in [-0.4, -0.2) is 28.6 Å². The molecule has 1 N–H and O–H groups in total. The van der Waals surface area contributed by atoms with E-state index < -0.39 is 12.0 Å². The largest absolute Gasteiger partial charge is 0.480 e. The average Bonchev–Trinajstić information content (AvgIpc) is 2.54. The van der Waals surface area contributed by atoms with Crippen molar-refractivity contribution in [3.8, 4) is 6.07 Å². The van der Waals surface area contributed by atoms with Crippen molar-refractivity contribution < 1.29 is 9.90 Å². The van der Waals surface area contributed by atoms with Crippen LogP contribution in [0.3, 0.4) is 0 Å². The lowest BCUT2D eigenvalue weighted by atomic mass is 10.0. The lowest BCUT2D eigenvalue weighted by molar-refractivity contribution is -0.143. The van der Waals surface area contributed by atoms with Crippen LogP contribution in [0, 0.1) is 11.3 Å². The molecule has 0 amide bonds. The van der Waals surface area contributed by atoms with Gasteiger partial charge in [0.2, 0.25) is 0 Å². The molecular weight excluding hydrogens is 276 g/mol. The Hall–Kier alpha value is -2.64. The van der Waals surface area contributed by atoms with Crippen LogP contribution in [0.4, 0.5) is 0 Å². The molecule has 4 nitrogen and oxygen atoms in total. The van der Waals surface area contributed by atoms with Gasteiger partial charge in [-0.3, -0.25) is 9.69 Å². The molecule has 0 saturated heterocycles. The number of carboxylic acid groups (broad SMARTS) is 1. The minimum atomic E-state index is -0.907. The van der Waals surface area contributed by atoms with E-state index in [9.17, 15) is 9.90 Å². The molecule has 4 heteroatoms. The van der Waals surface area contributed by atoms with Gasteiger partial charge in [0.1, 0.15) is 6.04 Å². The molecule has 0 aliphatic heterocycles. The van der Waals surface area contributed by atoms with Crippen molar-refractivity contribution in [3.63, 3.8) is 0 Å². The summed E-state index contributed by atoms with van der Waals surface area (Å²) in [5.74, 6) is -0.907. The number of aliphatic carboxylic acids is 1. The number of nitriles is 1. The van der Waals surface area contributed by atoms with Crippen LogP contribution in [0.1, 0.15) is 11.1 Å². The first-order valence-electron chi connectivity index (χ1n) is 7.12. The van der Waals surface area contributed by atoms with Crippen LogP contribution in [0.15, 0.2) is 60.7 Å². The second-order valence-electron chi connectivity index (χ2n) is 5.09. The molecule has 112 valence electrons. The first-order valence-corrected chi connectivity index (χ1v) is 7.12. The van der Waals surface area contributed by atoms with E-state index in [0.717, 1.165) is 11.1 Å². The quantitative estimate of drug-likeness (QED) is 0.797. The van der Waals surface area contributed by atoms with Gasteiger partial charge in [-0.05, 0) is 17.5 Å². The van der Waals surface area contributed by atoms with E-state index in [1.165, 1.54) is 0 Å². The van der Waals surface area contributed by atoms with Crippen molar-refractivity contribution in [2.75, 3.05) is 6.54 Å². The molecule has 2 aromatic carbocycles. The lowest BCUT2D eigenvalue weighted by Crippen LogP contribution is -2.42. The van der Waals surface area contributed by atoms with Gasteiger partial charge in [-0.2, -0.15) is 5.26 Å². The normalized spacial score (nSPS) is 11.8. The molecule has 22 heavy (non-hydrogen) atoms. The SMILES string of the molecule is N#CCN(Cc1ccccc1)[C@@H](Cc1ccccc1)C(=O)O. The van der Waals surface area contributed by atoms with Gasteiger partial charge in [-0.25, -0.2) is 0 Å². The number of benzene rings is 2. The highest BCUT2D eigenvalue weighted by atomic mass is 16.4. The highest BCUT2D eigenvalue weighted by molar-refractivity contribution is 5.74. The number of hydrogen-bond acceptors (Lipinski definition) is 3. The number of carbonyl (C=O) groups is 1. The molecule has 0 bridgehead atoms. The predicted molar refractivity (Wildman–Crippen MR) is 84.0 cm³/mol. The number of hydrogen-bond donors (Lipinski definition) is 1. The summed E-state index contributed by atoms with van der Waals surface area (Å²) in [4.78, 5) is 13.4. The summed E-state index contributed by atoms with van der Waals surface area (Å²) in [5, 5.41) is 18.6.